The molecule has 0 aromatic carbocycles. The SMILES string of the molecule is CC(C)(C)[C@]12CC=CC[C@@H]1O2. The van der Waals surface area contributed by atoms with Gasteiger partial charge in [0.15, 0.2) is 0 Å². The zero-order chi connectivity index (χ0) is 8.11. The largest absolute Gasteiger partial charge is 0.365 e. The third-order valence-corrected chi connectivity index (χ3v) is 3.02. The Hall–Kier alpha value is -0.300. The van der Waals surface area contributed by atoms with E-state index in [1.807, 2.05) is 0 Å². The van der Waals surface area contributed by atoms with Crippen molar-refractivity contribution in [1.82, 2.24) is 0 Å². The standard InChI is InChI=1S/C10H16O/c1-9(2,3)10-7-5-4-6-8(10)11-10/h4-5,8H,6-7H2,1-3H3/t8-,10-/m0/s1. The van der Waals surface area contributed by atoms with Crippen LogP contribution in [-0.2, 0) is 4.74 Å². The third-order valence-electron chi connectivity index (χ3n) is 3.02. The van der Waals surface area contributed by atoms with Gasteiger partial charge in [-0.25, -0.2) is 0 Å². The van der Waals surface area contributed by atoms with Gasteiger partial charge in [0.05, 0.1) is 6.10 Å². The molecule has 11 heavy (non-hydrogen) atoms. The van der Waals surface area contributed by atoms with E-state index in [1.54, 1.807) is 0 Å². The lowest BCUT2D eigenvalue weighted by molar-refractivity contribution is 0.157. The number of rotatable bonds is 0. The molecule has 0 N–H and O–H groups in total. The smallest absolute Gasteiger partial charge is 0.103 e. The molecule has 0 aromatic rings. The first-order chi connectivity index (χ1) is 5.06. The van der Waals surface area contributed by atoms with Crippen LogP contribution < -0.4 is 0 Å². The molecule has 0 bridgehead atoms. The molecule has 1 heteroatoms. The van der Waals surface area contributed by atoms with E-state index >= 15 is 0 Å². The normalized spacial score (nSPS) is 41.9. The Balaban J connectivity index is 2.21. The first-order valence-corrected chi connectivity index (χ1v) is 4.39. The van der Waals surface area contributed by atoms with Crippen LogP contribution in [0.25, 0.3) is 0 Å². The van der Waals surface area contributed by atoms with Crippen molar-refractivity contribution < 1.29 is 4.74 Å². The summed E-state index contributed by atoms with van der Waals surface area (Å²) in [5.41, 5.74) is 0.504. The van der Waals surface area contributed by atoms with E-state index in [0.717, 1.165) is 12.8 Å². The molecule has 1 fully saturated rings. The predicted octanol–water partition coefficient (Wildman–Crippen LogP) is 2.52. The van der Waals surface area contributed by atoms with Gasteiger partial charge in [0.2, 0.25) is 0 Å². The first kappa shape index (κ1) is 7.35. The summed E-state index contributed by atoms with van der Waals surface area (Å²) in [4.78, 5) is 0. The minimum atomic E-state index is 0.196. The van der Waals surface area contributed by atoms with Crippen molar-refractivity contribution in [3.63, 3.8) is 0 Å². The summed E-state index contributed by atoms with van der Waals surface area (Å²) in [7, 11) is 0. The van der Waals surface area contributed by atoms with Gasteiger partial charge in [-0.05, 0) is 18.3 Å². The second-order valence-corrected chi connectivity index (χ2v) is 4.66. The fourth-order valence-electron chi connectivity index (χ4n) is 2.08. The number of hydrogen-bond acceptors (Lipinski definition) is 1. The summed E-state index contributed by atoms with van der Waals surface area (Å²) in [6.07, 6.45) is 7.25. The third kappa shape index (κ3) is 0.871. The Labute approximate surface area is 68.4 Å². The van der Waals surface area contributed by atoms with E-state index in [-0.39, 0.29) is 5.60 Å². The summed E-state index contributed by atoms with van der Waals surface area (Å²) >= 11 is 0. The molecule has 1 aliphatic carbocycles. The zero-order valence-electron chi connectivity index (χ0n) is 7.55. The van der Waals surface area contributed by atoms with Crippen molar-refractivity contribution in [2.45, 2.75) is 45.3 Å². The van der Waals surface area contributed by atoms with Gasteiger partial charge in [-0.3, -0.25) is 0 Å². The van der Waals surface area contributed by atoms with Crippen LogP contribution in [0.1, 0.15) is 33.6 Å². The summed E-state index contributed by atoms with van der Waals surface area (Å²) in [6.45, 7) is 6.81. The number of hydrogen-bond donors (Lipinski definition) is 0. The zero-order valence-corrected chi connectivity index (χ0v) is 7.55. The molecular weight excluding hydrogens is 136 g/mol. The average Bonchev–Trinajstić information content (AvgIpc) is 2.59. The molecule has 0 amide bonds. The van der Waals surface area contributed by atoms with Crippen LogP contribution in [0.3, 0.4) is 0 Å². The summed E-state index contributed by atoms with van der Waals surface area (Å²) in [5.74, 6) is 0. The molecule has 62 valence electrons. The summed E-state index contributed by atoms with van der Waals surface area (Å²) < 4.78 is 5.77. The van der Waals surface area contributed by atoms with Crippen LogP contribution in [0.4, 0.5) is 0 Å². The fourth-order valence-corrected chi connectivity index (χ4v) is 2.08. The monoisotopic (exact) mass is 152 g/mol. The van der Waals surface area contributed by atoms with E-state index < -0.39 is 0 Å². The van der Waals surface area contributed by atoms with E-state index in [1.165, 1.54) is 0 Å². The lowest BCUT2D eigenvalue weighted by Crippen LogP contribution is -2.33. The molecule has 0 spiro atoms. The maximum absolute atomic E-state index is 5.77. The molecule has 2 rings (SSSR count). The van der Waals surface area contributed by atoms with Crippen LogP contribution in [0.2, 0.25) is 0 Å². The van der Waals surface area contributed by atoms with Crippen LogP contribution >= 0.6 is 0 Å². The van der Waals surface area contributed by atoms with Crippen molar-refractivity contribution in [2.75, 3.05) is 0 Å². The van der Waals surface area contributed by atoms with Crippen molar-refractivity contribution in [3.8, 4) is 0 Å². The Morgan fingerprint density at radius 1 is 1.36 bits per heavy atom. The van der Waals surface area contributed by atoms with E-state index in [2.05, 4.69) is 32.9 Å². The van der Waals surface area contributed by atoms with Gasteiger partial charge in [0.1, 0.15) is 5.60 Å². The predicted molar refractivity (Wildman–Crippen MR) is 45.4 cm³/mol. The van der Waals surface area contributed by atoms with Crippen molar-refractivity contribution in [3.05, 3.63) is 12.2 Å². The highest BCUT2D eigenvalue weighted by atomic mass is 16.6. The van der Waals surface area contributed by atoms with Crippen LogP contribution in [-0.4, -0.2) is 11.7 Å². The van der Waals surface area contributed by atoms with Crippen LogP contribution in [0, 0.1) is 5.41 Å². The summed E-state index contributed by atoms with van der Waals surface area (Å²) in [6, 6.07) is 0. The maximum atomic E-state index is 5.77. The van der Waals surface area contributed by atoms with Gasteiger partial charge < -0.3 is 4.74 Å². The van der Waals surface area contributed by atoms with Gasteiger partial charge in [0, 0.05) is 0 Å². The Kier molecular flexibility index (Phi) is 1.26. The van der Waals surface area contributed by atoms with Crippen molar-refractivity contribution in [1.29, 1.82) is 0 Å². The van der Waals surface area contributed by atoms with Crippen LogP contribution in [0.15, 0.2) is 12.2 Å². The average molecular weight is 152 g/mol. The van der Waals surface area contributed by atoms with Gasteiger partial charge in [-0.15, -0.1) is 0 Å². The van der Waals surface area contributed by atoms with Gasteiger partial charge in [0.25, 0.3) is 0 Å². The molecule has 0 aromatic heterocycles. The molecule has 2 aliphatic rings. The fraction of sp³-hybridized carbons (Fsp3) is 0.800. The molecular formula is C10H16O. The topological polar surface area (TPSA) is 12.5 Å². The highest BCUT2D eigenvalue weighted by Crippen LogP contribution is 2.55. The van der Waals surface area contributed by atoms with Gasteiger partial charge >= 0.3 is 0 Å². The number of fused-ring (bicyclic) bond motifs is 1. The number of epoxide rings is 1. The molecule has 1 nitrogen and oxygen atoms in total. The minimum Gasteiger partial charge on any atom is -0.365 e. The van der Waals surface area contributed by atoms with Crippen molar-refractivity contribution in [2.24, 2.45) is 5.41 Å². The van der Waals surface area contributed by atoms with E-state index in [9.17, 15) is 0 Å². The van der Waals surface area contributed by atoms with Gasteiger partial charge in [-0.1, -0.05) is 32.9 Å². The quantitative estimate of drug-likeness (QED) is 0.384. The summed E-state index contributed by atoms with van der Waals surface area (Å²) in [5, 5.41) is 0. The highest BCUT2D eigenvalue weighted by Gasteiger charge is 2.62. The van der Waals surface area contributed by atoms with Crippen LogP contribution in [0.5, 0.6) is 0 Å². The molecule has 0 radical (unpaired) electrons. The number of ether oxygens (including phenoxy) is 1. The van der Waals surface area contributed by atoms with Gasteiger partial charge in [-0.2, -0.15) is 0 Å². The highest BCUT2D eigenvalue weighted by molar-refractivity contribution is 5.18. The van der Waals surface area contributed by atoms with Crippen molar-refractivity contribution >= 4 is 0 Å². The Bertz CT molecular complexity index is 199. The molecule has 0 unspecified atom stereocenters. The Morgan fingerprint density at radius 3 is 2.55 bits per heavy atom. The molecule has 1 heterocycles. The second kappa shape index (κ2) is 1.89. The lowest BCUT2D eigenvalue weighted by atomic mass is 9.74. The Morgan fingerprint density at radius 2 is 2.09 bits per heavy atom. The van der Waals surface area contributed by atoms with E-state index in [0.29, 0.717) is 11.5 Å². The molecule has 1 saturated heterocycles. The molecule has 1 aliphatic heterocycles. The second-order valence-electron chi connectivity index (χ2n) is 4.66. The first-order valence-electron chi connectivity index (χ1n) is 4.39. The maximum Gasteiger partial charge on any atom is 0.103 e. The van der Waals surface area contributed by atoms with E-state index in [4.69, 9.17) is 4.74 Å². The molecule has 2 atom stereocenters. The minimum absolute atomic E-state index is 0.196. The molecule has 0 saturated carbocycles. The lowest BCUT2D eigenvalue weighted by Gasteiger charge is -2.28.